The molecule has 3 rings (SSSR count). The molecule has 23 heavy (non-hydrogen) atoms. The summed E-state index contributed by atoms with van der Waals surface area (Å²) in [5.74, 6) is -0.137. The van der Waals surface area contributed by atoms with Crippen molar-refractivity contribution < 1.29 is 14.3 Å². The molecule has 1 aromatic carbocycles. The summed E-state index contributed by atoms with van der Waals surface area (Å²) in [5.41, 5.74) is 1.89. The summed E-state index contributed by atoms with van der Waals surface area (Å²) in [6, 6.07) is 9.86. The van der Waals surface area contributed by atoms with Gasteiger partial charge in [0, 0.05) is 43.9 Å². The SMILES string of the molecule is O=C(Cc1ccc(F)cc1)N1C[C@@H](CO)[C@H](c2ccncc2)C1. The van der Waals surface area contributed by atoms with Gasteiger partial charge in [0.25, 0.3) is 0 Å². The Morgan fingerprint density at radius 2 is 1.87 bits per heavy atom. The minimum atomic E-state index is -0.305. The van der Waals surface area contributed by atoms with Gasteiger partial charge in [-0.25, -0.2) is 4.39 Å². The van der Waals surface area contributed by atoms with Crippen molar-refractivity contribution in [3.8, 4) is 0 Å². The van der Waals surface area contributed by atoms with E-state index in [-0.39, 0.29) is 36.6 Å². The van der Waals surface area contributed by atoms with Crippen LogP contribution < -0.4 is 0 Å². The predicted molar refractivity (Wildman–Crippen MR) is 84.2 cm³/mol. The molecule has 1 aliphatic rings. The van der Waals surface area contributed by atoms with E-state index in [1.807, 2.05) is 12.1 Å². The molecule has 1 amide bonds. The maximum absolute atomic E-state index is 12.9. The Hall–Kier alpha value is -2.27. The number of hydrogen-bond acceptors (Lipinski definition) is 3. The monoisotopic (exact) mass is 314 g/mol. The third kappa shape index (κ3) is 3.56. The molecule has 2 aromatic rings. The zero-order chi connectivity index (χ0) is 16.2. The van der Waals surface area contributed by atoms with Gasteiger partial charge in [-0.15, -0.1) is 0 Å². The van der Waals surface area contributed by atoms with Gasteiger partial charge in [-0.3, -0.25) is 9.78 Å². The van der Waals surface area contributed by atoms with Crippen molar-refractivity contribution in [1.29, 1.82) is 0 Å². The lowest BCUT2D eigenvalue weighted by atomic mass is 9.90. The first-order chi connectivity index (χ1) is 11.2. The molecule has 0 unspecified atom stereocenters. The van der Waals surface area contributed by atoms with Crippen LogP contribution in [0.4, 0.5) is 4.39 Å². The lowest BCUT2D eigenvalue weighted by Gasteiger charge is -2.16. The Bertz CT molecular complexity index is 660. The molecule has 2 heterocycles. The third-order valence-corrected chi connectivity index (χ3v) is 4.43. The second-order valence-electron chi connectivity index (χ2n) is 5.93. The van der Waals surface area contributed by atoms with Crippen molar-refractivity contribution in [3.63, 3.8) is 0 Å². The molecule has 0 aliphatic carbocycles. The zero-order valence-corrected chi connectivity index (χ0v) is 12.7. The number of aliphatic hydroxyl groups excluding tert-OH is 1. The Morgan fingerprint density at radius 1 is 1.17 bits per heavy atom. The molecule has 1 fully saturated rings. The molecule has 4 nitrogen and oxygen atoms in total. The van der Waals surface area contributed by atoms with Crippen LogP contribution in [0.1, 0.15) is 17.0 Å². The molecule has 1 N–H and O–H groups in total. The number of benzene rings is 1. The fourth-order valence-electron chi connectivity index (χ4n) is 3.14. The van der Waals surface area contributed by atoms with Crippen LogP contribution in [-0.4, -0.2) is 40.6 Å². The molecule has 120 valence electrons. The van der Waals surface area contributed by atoms with Crippen LogP contribution in [0, 0.1) is 11.7 Å². The Morgan fingerprint density at radius 3 is 2.52 bits per heavy atom. The van der Waals surface area contributed by atoms with E-state index in [2.05, 4.69) is 4.98 Å². The number of pyridine rings is 1. The number of nitrogens with zero attached hydrogens (tertiary/aromatic N) is 2. The van der Waals surface area contributed by atoms with Crippen LogP contribution in [-0.2, 0) is 11.2 Å². The van der Waals surface area contributed by atoms with E-state index in [4.69, 9.17) is 0 Å². The standard InChI is InChI=1S/C18H19FN2O2/c19-16-3-1-13(2-4-16)9-18(23)21-10-15(12-22)17(11-21)14-5-7-20-8-6-14/h1-8,15,17,22H,9-12H2/t15-,17-/m0/s1. The molecule has 0 saturated carbocycles. The smallest absolute Gasteiger partial charge is 0.227 e. The van der Waals surface area contributed by atoms with Gasteiger partial charge in [-0.05, 0) is 35.4 Å². The van der Waals surface area contributed by atoms with E-state index >= 15 is 0 Å². The average Bonchev–Trinajstić information content (AvgIpc) is 3.02. The molecule has 2 atom stereocenters. The highest BCUT2D eigenvalue weighted by atomic mass is 19.1. The summed E-state index contributed by atoms with van der Waals surface area (Å²) in [7, 11) is 0. The third-order valence-electron chi connectivity index (χ3n) is 4.43. The number of amides is 1. The van der Waals surface area contributed by atoms with E-state index in [9.17, 15) is 14.3 Å². The zero-order valence-electron chi connectivity index (χ0n) is 12.7. The fourth-order valence-corrected chi connectivity index (χ4v) is 3.14. The first-order valence-corrected chi connectivity index (χ1v) is 7.70. The summed E-state index contributed by atoms with van der Waals surface area (Å²) in [6.07, 6.45) is 3.71. The number of carbonyl (C=O) groups is 1. The van der Waals surface area contributed by atoms with Gasteiger partial charge in [0.05, 0.1) is 6.42 Å². The average molecular weight is 314 g/mol. The molecule has 1 aliphatic heterocycles. The summed E-state index contributed by atoms with van der Waals surface area (Å²) < 4.78 is 12.9. The number of hydrogen-bond donors (Lipinski definition) is 1. The van der Waals surface area contributed by atoms with Gasteiger partial charge in [0.15, 0.2) is 0 Å². The highest BCUT2D eigenvalue weighted by molar-refractivity contribution is 5.79. The number of halogens is 1. The topological polar surface area (TPSA) is 53.4 Å². The first-order valence-electron chi connectivity index (χ1n) is 7.70. The van der Waals surface area contributed by atoms with Crippen molar-refractivity contribution in [2.24, 2.45) is 5.92 Å². The first kappa shape index (κ1) is 15.6. The lowest BCUT2D eigenvalue weighted by Crippen LogP contribution is -2.30. The van der Waals surface area contributed by atoms with Gasteiger partial charge in [0.2, 0.25) is 5.91 Å². The number of carbonyl (C=O) groups excluding carboxylic acids is 1. The van der Waals surface area contributed by atoms with Gasteiger partial charge in [-0.2, -0.15) is 0 Å². The minimum Gasteiger partial charge on any atom is -0.396 e. The van der Waals surface area contributed by atoms with Crippen LogP contribution >= 0.6 is 0 Å². The highest BCUT2D eigenvalue weighted by Gasteiger charge is 2.35. The van der Waals surface area contributed by atoms with Crippen LogP contribution in [0.3, 0.4) is 0 Å². The van der Waals surface area contributed by atoms with E-state index < -0.39 is 0 Å². The van der Waals surface area contributed by atoms with Crippen molar-refractivity contribution in [3.05, 3.63) is 65.7 Å². The summed E-state index contributed by atoms with van der Waals surface area (Å²) in [4.78, 5) is 18.3. The van der Waals surface area contributed by atoms with Gasteiger partial charge < -0.3 is 10.0 Å². The molecule has 0 radical (unpaired) electrons. The van der Waals surface area contributed by atoms with E-state index in [1.165, 1.54) is 12.1 Å². The van der Waals surface area contributed by atoms with E-state index in [1.54, 1.807) is 29.4 Å². The highest BCUT2D eigenvalue weighted by Crippen LogP contribution is 2.32. The quantitative estimate of drug-likeness (QED) is 0.939. The maximum Gasteiger partial charge on any atom is 0.227 e. The number of aliphatic hydroxyl groups is 1. The second kappa shape index (κ2) is 6.87. The summed E-state index contributed by atoms with van der Waals surface area (Å²) in [5, 5.41) is 9.62. The molecule has 1 aromatic heterocycles. The van der Waals surface area contributed by atoms with E-state index in [0.717, 1.165) is 11.1 Å². The van der Waals surface area contributed by atoms with Crippen LogP contribution in [0.15, 0.2) is 48.8 Å². The molecular weight excluding hydrogens is 295 g/mol. The molecule has 0 spiro atoms. The van der Waals surface area contributed by atoms with Gasteiger partial charge in [-0.1, -0.05) is 12.1 Å². The summed E-state index contributed by atoms with van der Waals surface area (Å²) >= 11 is 0. The predicted octanol–water partition coefficient (Wildman–Crippen LogP) is 2.00. The molecule has 0 bridgehead atoms. The maximum atomic E-state index is 12.9. The fraction of sp³-hybridized carbons (Fsp3) is 0.333. The van der Waals surface area contributed by atoms with Crippen molar-refractivity contribution in [1.82, 2.24) is 9.88 Å². The molecular formula is C18H19FN2O2. The Balaban J connectivity index is 1.69. The second-order valence-corrected chi connectivity index (χ2v) is 5.93. The van der Waals surface area contributed by atoms with Crippen LogP contribution in [0.25, 0.3) is 0 Å². The summed E-state index contributed by atoms with van der Waals surface area (Å²) in [6.45, 7) is 1.19. The van der Waals surface area contributed by atoms with Gasteiger partial charge in [0.1, 0.15) is 5.82 Å². The molecule has 1 saturated heterocycles. The number of aromatic nitrogens is 1. The Kier molecular flexibility index (Phi) is 4.67. The number of likely N-dealkylation sites (tertiary alicyclic amines) is 1. The Labute approximate surface area is 134 Å². The minimum absolute atomic E-state index is 0.00612. The number of rotatable bonds is 4. The van der Waals surface area contributed by atoms with Crippen molar-refractivity contribution in [2.45, 2.75) is 12.3 Å². The van der Waals surface area contributed by atoms with Crippen LogP contribution in [0.2, 0.25) is 0 Å². The van der Waals surface area contributed by atoms with Crippen LogP contribution in [0.5, 0.6) is 0 Å². The van der Waals surface area contributed by atoms with Gasteiger partial charge >= 0.3 is 0 Å². The van der Waals surface area contributed by atoms with Crippen molar-refractivity contribution in [2.75, 3.05) is 19.7 Å². The van der Waals surface area contributed by atoms with E-state index in [0.29, 0.717) is 13.1 Å². The largest absolute Gasteiger partial charge is 0.396 e. The van der Waals surface area contributed by atoms with Crippen molar-refractivity contribution >= 4 is 5.91 Å². The lowest BCUT2D eigenvalue weighted by molar-refractivity contribution is -0.129. The normalized spacial score (nSPS) is 20.7. The molecule has 5 heteroatoms.